The fraction of sp³-hybridized carbons (Fsp3) is 0.222. The third-order valence-electron chi connectivity index (χ3n) is 5.35. The van der Waals surface area contributed by atoms with Crippen molar-refractivity contribution in [2.75, 3.05) is 0 Å². The molecule has 0 amide bonds. The zero-order valence-electron chi connectivity index (χ0n) is 18.5. The predicted octanol–water partition coefficient (Wildman–Crippen LogP) is 6.72. The molecule has 0 atom stereocenters. The van der Waals surface area contributed by atoms with E-state index in [1.807, 2.05) is 13.1 Å². The standard InChI is InChI=1S/C27H27N3/c1-16-10-17(2)13-22(12-16)26-27(23-14-18(3)11-21(6)29-23)28-15-24(30-26)25-19(4)8-7-9-20(25)5/h7-15H,1-6H3. The monoisotopic (exact) mass is 393 g/mol. The Kier molecular flexibility index (Phi) is 5.21. The van der Waals surface area contributed by atoms with Crippen LogP contribution in [-0.4, -0.2) is 15.0 Å². The number of nitrogens with zero attached hydrogens (tertiary/aromatic N) is 3. The van der Waals surface area contributed by atoms with Crippen LogP contribution >= 0.6 is 0 Å². The summed E-state index contributed by atoms with van der Waals surface area (Å²) in [7, 11) is 0. The van der Waals surface area contributed by atoms with E-state index in [0.29, 0.717) is 0 Å². The number of aromatic nitrogens is 3. The number of pyridine rings is 1. The molecule has 2 aromatic heterocycles. The summed E-state index contributed by atoms with van der Waals surface area (Å²) in [5.74, 6) is 0. The minimum Gasteiger partial charge on any atom is -0.251 e. The third kappa shape index (κ3) is 3.88. The Hall–Kier alpha value is -3.33. The van der Waals surface area contributed by atoms with Gasteiger partial charge in [-0.3, -0.25) is 9.97 Å². The van der Waals surface area contributed by atoms with Gasteiger partial charge in [-0.15, -0.1) is 0 Å². The quantitative estimate of drug-likeness (QED) is 0.388. The summed E-state index contributed by atoms with van der Waals surface area (Å²) < 4.78 is 0. The van der Waals surface area contributed by atoms with Crippen LogP contribution in [0.1, 0.15) is 33.5 Å². The molecule has 0 saturated carbocycles. The predicted molar refractivity (Wildman–Crippen MR) is 125 cm³/mol. The molecule has 0 spiro atoms. The minimum atomic E-state index is 0.821. The van der Waals surface area contributed by atoms with Crippen LogP contribution in [0.15, 0.2) is 54.7 Å². The third-order valence-corrected chi connectivity index (χ3v) is 5.35. The van der Waals surface area contributed by atoms with E-state index in [1.165, 1.54) is 27.8 Å². The van der Waals surface area contributed by atoms with Crippen LogP contribution in [-0.2, 0) is 0 Å². The van der Waals surface area contributed by atoms with Crippen molar-refractivity contribution in [2.24, 2.45) is 0 Å². The molecule has 0 saturated heterocycles. The lowest BCUT2D eigenvalue weighted by Crippen LogP contribution is -2.00. The second-order valence-corrected chi connectivity index (χ2v) is 8.27. The molecule has 150 valence electrons. The topological polar surface area (TPSA) is 38.7 Å². The van der Waals surface area contributed by atoms with Gasteiger partial charge in [-0.05, 0) is 82.5 Å². The Morgan fingerprint density at radius 3 is 1.87 bits per heavy atom. The number of hydrogen-bond acceptors (Lipinski definition) is 3. The van der Waals surface area contributed by atoms with Gasteiger partial charge in [0, 0.05) is 16.8 Å². The zero-order valence-corrected chi connectivity index (χ0v) is 18.5. The van der Waals surface area contributed by atoms with E-state index in [1.54, 1.807) is 0 Å². The Balaban J connectivity index is 2.01. The van der Waals surface area contributed by atoms with Crippen molar-refractivity contribution in [3.05, 3.63) is 88.2 Å². The van der Waals surface area contributed by atoms with Gasteiger partial charge in [-0.25, -0.2) is 4.98 Å². The highest BCUT2D eigenvalue weighted by molar-refractivity contribution is 5.80. The minimum absolute atomic E-state index is 0.821. The van der Waals surface area contributed by atoms with Gasteiger partial charge in [0.05, 0.1) is 23.3 Å². The lowest BCUT2D eigenvalue weighted by Gasteiger charge is -2.14. The van der Waals surface area contributed by atoms with Gasteiger partial charge in [-0.2, -0.15) is 0 Å². The highest BCUT2D eigenvalue weighted by atomic mass is 14.9. The van der Waals surface area contributed by atoms with Crippen molar-refractivity contribution in [1.29, 1.82) is 0 Å². The summed E-state index contributed by atoms with van der Waals surface area (Å²) in [5, 5.41) is 0. The molecule has 30 heavy (non-hydrogen) atoms. The first-order valence-electron chi connectivity index (χ1n) is 10.3. The normalized spacial score (nSPS) is 11.0. The fourth-order valence-corrected chi connectivity index (χ4v) is 4.19. The fourth-order valence-electron chi connectivity index (χ4n) is 4.19. The number of aryl methyl sites for hydroxylation is 6. The molecule has 0 bridgehead atoms. The van der Waals surface area contributed by atoms with Crippen molar-refractivity contribution < 1.29 is 0 Å². The highest BCUT2D eigenvalue weighted by Crippen LogP contribution is 2.33. The van der Waals surface area contributed by atoms with E-state index in [0.717, 1.165) is 39.6 Å². The van der Waals surface area contributed by atoms with Crippen LogP contribution in [0.3, 0.4) is 0 Å². The van der Waals surface area contributed by atoms with Gasteiger partial charge < -0.3 is 0 Å². The molecule has 0 unspecified atom stereocenters. The molecule has 0 N–H and O–H groups in total. The number of hydrogen-bond donors (Lipinski definition) is 0. The lowest BCUT2D eigenvalue weighted by molar-refractivity contribution is 1.13. The number of benzene rings is 2. The number of rotatable bonds is 3. The van der Waals surface area contributed by atoms with Crippen LogP contribution in [0, 0.1) is 41.5 Å². The van der Waals surface area contributed by atoms with E-state index in [4.69, 9.17) is 15.0 Å². The molecule has 2 aromatic carbocycles. The van der Waals surface area contributed by atoms with Crippen LogP contribution in [0.25, 0.3) is 33.9 Å². The van der Waals surface area contributed by atoms with Gasteiger partial charge in [0.15, 0.2) is 0 Å². The smallest absolute Gasteiger partial charge is 0.115 e. The Bertz CT molecular complexity index is 1190. The summed E-state index contributed by atoms with van der Waals surface area (Å²) in [5.41, 5.74) is 12.7. The van der Waals surface area contributed by atoms with Gasteiger partial charge in [0.2, 0.25) is 0 Å². The van der Waals surface area contributed by atoms with Crippen LogP contribution in [0.5, 0.6) is 0 Å². The molecule has 0 aliphatic carbocycles. The molecule has 0 aliphatic heterocycles. The summed E-state index contributed by atoms with van der Waals surface area (Å²) in [6.07, 6.45) is 1.89. The zero-order chi connectivity index (χ0) is 21.4. The molecule has 3 heteroatoms. The molecular formula is C27H27N3. The molecule has 0 radical (unpaired) electrons. The first-order chi connectivity index (χ1) is 14.3. The second kappa shape index (κ2) is 7.83. The molecule has 4 rings (SSSR count). The van der Waals surface area contributed by atoms with Crippen molar-refractivity contribution >= 4 is 0 Å². The molecule has 0 fully saturated rings. The lowest BCUT2D eigenvalue weighted by atomic mass is 9.98. The molecule has 4 aromatic rings. The average molecular weight is 394 g/mol. The first kappa shape index (κ1) is 20.0. The maximum absolute atomic E-state index is 5.15. The molecular weight excluding hydrogens is 366 g/mol. The second-order valence-electron chi connectivity index (χ2n) is 8.27. The highest BCUT2D eigenvalue weighted by Gasteiger charge is 2.17. The maximum Gasteiger partial charge on any atom is 0.115 e. The van der Waals surface area contributed by atoms with Crippen molar-refractivity contribution in [3.63, 3.8) is 0 Å². The summed E-state index contributed by atoms with van der Waals surface area (Å²) >= 11 is 0. The molecule has 3 nitrogen and oxygen atoms in total. The Labute approximate surface area is 178 Å². The van der Waals surface area contributed by atoms with Crippen molar-refractivity contribution in [3.8, 4) is 33.9 Å². The van der Waals surface area contributed by atoms with Gasteiger partial charge in [-0.1, -0.05) is 35.4 Å². The van der Waals surface area contributed by atoms with Gasteiger partial charge >= 0.3 is 0 Å². The van der Waals surface area contributed by atoms with Gasteiger partial charge in [0.25, 0.3) is 0 Å². The first-order valence-corrected chi connectivity index (χ1v) is 10.3. The van der Waals surface area contributed by atoms with E-state index in [2.05, 4.69) is 83.1 Å². The Morgan fingerprint density at radius 1 is 0.600 bits per heavy atom. The van der Waals surface area contributed by atoms with Crippen LogP contribution in [0.4, 0.5) is 0 Å². The largest absolute Gasteiger partial charge is 0.251 e. The van der Waals surface area contributed by atoms with E-state index in [9.17, 15) is 0 Å². The van der Waals surface area contributed by atoms with E-state index in [-0.39, 0.29) is 0 Å². The molecule has 0 aliphatic rings. The summed E-state index contributed by atoms with van der Waals surface area (Å²) in [6, 6.07) is 17.0. The van der Waals surface area contributed by atoms with Crippen molar-refractivity contribution in [2.45, 2.75) is 41.5 Å². The van der Waals surface area contributed by atoms with Crippen LogP contribution in [0.2, 0.25) is 0 Å². The van der Waals surface area contributed by atoms with Crippen LogP contribution < -0.4 is 0 Å². The summed E-state index contributed by atoms with van der Waals surface area (Å²) in [4.78, 5) is 14.8. The Morgan fingerprint density at radius 2 is 1.23 bits per heavy atom. The maximum atomic E-state index is 5.15. The van der Waals surface area contributed by atoms with Crippen molar-refractivity contribution in [1.82, 2.24) is 15.0 Å². The summed E-state index contributed by atoms with van der Waals surface area (Å²) in [6.45, 7) is 12.6. The van der Waals surface area contributed by atoms with Gasteiger partial charge in [0.1, 0.15) is 5.69 Å². The average Bonchev–Trinajstić information content (AvgIpc) is 2.66. The molecule has 2 heterocycles. The van der Waals surface area contributed by atoms with E-state index < -0.39 is 0 Å². The SMILES string of the molecule is Cc1cc(C)cc(-c2nc(-c3c(C)cccc3C)cnc2-c2cc(C)cc(C)n2)c1. The van der Waals surface area contributed by atoms with E-state index >= 15 is 0 Å².